The Balaban J connectivity index is 2.17. The van der Waals surface area contributed by atoms with Gasteiger partial charge >= 0.3 is 0 Å². The van der Waals surface area contributed by atoms with Crippen molar-refractivity contribution in [2.45, 2.75) is 44.6 Å². The van der Waals surface area contributed by atoms with Gasteiger partial charge in [0, 0.05) is 12.8 Å². The number of likely N-dealkylation sites (tertiary alicyclic amines) is 1. The number of carbonyl (C=O) groups is 2. The van der Waals surface area contributed by atoms with Gasteiger partial charge in [-0.1, -0.05) is 0 Å². The summed E-state index contributed by atoms with van der Waals surface area (Å²) in [5, 5.41) is 8.94. The highest BCUT2D eigenvalue weighted by molar-refractivity contribution is 5.98. The Morgan fingerprint density at radius 3 is 2.40 bits per heavy atom. The highest BCUT2D eigenvalue weighted by atomic mass is 16.2. The second-order valence-corrected chi connectivity index (χ2v) is 4.24. The normalized spacial score (nSPS) is 31.8. The van der Waals surface area contributed by atoms with E-state index in [9.17, 15) is 9.59 Å². The van der Waals surface area contributed by atoms with Gasteiger partial charge in [-0.25, -0.2) is 0 Å². The fraction of sp³-hybridized carbons (Fsp3) is 0.727. The summed E-state index contributed by atoms with van der Waals surface area (Å²) in [5.41, 5.74) is 0. The zero-order chi connectivity index (χ0) is 10.8. The van der Waals surface area contributed by atoms with Crippen molar-refractivity contribution in [1.82, 2.24) is 4.90 Å². The van der Waals surface area contributed by atoms with E-state index in [0.29, 0.717) is 19.3 Å². The molecule has 2 atom stereocenters. The van der Waals surface area contributed by atoms with E-state index < -0.39 is 0 Å². The number of rotatable bonds is 1. The van der Waals surface area contributed by atoms with E-state index in [4.69, 9.17) is 5.26 Å². The van der Waals surface area contributed by atoms with Crippen molar-refractivity contribution in [3.05, 3.63) is 0 Å². The Labute approximate surface area is 88.9 Å². The van der Waals surface area contributed by atoms with Gasteiger partial charge < -0.3 is 0 Å². The SMILES string of the molecule is N#CC1CCCC1N1C(=O)CCCC1=O. The monoisotopic (exact) mass is 206 g/mol. The Morgan fingerprint density at radius 1 is 1.13 bits per heavy atom. The summed E-state index contributed by atoms with van der Waals surface area (Å²) >= 11 is 0. The molecule has 0 spiro atoms. The van der Waals surface area contributed by atoms with Crippen molar-refractivity contribution in [3.63, 3.8) is 0 Å². The maximum atomic E-state index is 11.6. The van der Waals surface area contributed by atoms with Crippen LogP contribution in [0.1, 0.15) is 38.5 Å². The second kappa shape index (κ2) is 4.01. The minimum atomic E-state index is -0.143. The van der Waals surface area contributed by atoms with Crippen molar-refractivity contribution in [1.29, 1.82) is 5.26 Å². The number of imide groups is 1. The number of nitrogens with zero attached hydrogens (tertiary/aromatic N) is 2. The van der Waals surface area contributed by atoms with Crippen LogP contribution in [0.15, 0.2) is 0 Å². The third kappa shape index (κ3) is 1.74. The second-order valence-electron chi connectivity index (χ2n) is 4.24. The lowest BCUT2D eigenvalue weighted by Crippen LogP contribution is -2.48. The molecule has 4 heteroatoms. The molecule has 0 radical (unpaired) electrons. The van der Waals surface area contributed by atoms with Crippen LogP contribution in [0.2, 0.25) is 0 Å². The lowest BCUT2D eigenvalue weighted by molar-refractivity contribution is -0.151. The molecule has 80 valence electrons. The smallest absolute Gasteiger partial charge is 0.229 e. The molecule has 0 aromatic rings. The molecule has 0 aromatic carbocycles. The van der Waals surface area contributed by atoms with Crippen molar-refractivity contribution in [2.24, 2.45) is 5.92 Å². The standard InChI is InChI=1S/C11H14N2O2/c12-7-8-3-1-4-9(8)13-10(14)5-2-6-11(13)15/h8-9H,1-6H2. The van der Waals surface area contributed by atoms with Crippen LogP contribution in [-0.2, 0) is 9.59 Å². The molecule has 15 heavy (non-hydrogen) atoms. The van der Waals surface area contributed by atoms with Gasteiger partial charge in [0.05, 0.1) is 18.0 Å². The van der Waals surface area contributed by atoms with Crippen LogP contribution < -0.4 is 0 Å². The van der Waals surface area contributed by atoms with Gasteiger partial charge in [0.25, 0.3) is 0 Å². The number of hydrogen-bond acceptors (Lipinski definition) is 3. The first-order chi connectivity index (χ1) is 7.24. The molecule has 1 aliphatic carbocycles. The molecule has 1 heterocycles. The molecule has 1 saturated carbocycles. The zero-order valence-electron chi connectivity index (χ0n) is 8.61. The molecule has 0 bridgehead atoms. The van der Waals surface area contributed by atoms with E-state index in [2.05, 4.69) is 6.07 Å². The predicted octanol–water partition coefficient (Wildman–Crippen LogP) is 1.22. The molecule has 2 rings (SSSR count). The third-order valence-electron chi connectivity index (χ3n) is 3.30. The lowest BCUT2D eigenvalue weighted by atomic mass is 10.00. The van der Waals surface area contributed by atoms with Gasteiger partial charge in [0.1, 0.15) is 0 Å². The molecular formula is C11H14N2O2. The molecule has 1 aliphatic heterocycles. The molecule has 2 amide bonds. The summed E-state index contributed by atoms with van der Waals surface area (Å²) in [6, 6.07) is 2.06. The average Bonchev–Trinajstić information content (AvgIpc) is 2.65. The third-order valence-corrected chi connectivity index (χ3v) is 3.30. The minimum Gasteiger partial charge on any atom is -0.278 e. The first-order valence-electron chi connectivity index (χ1n) is 5.48. The summed E-state index contributed by atoms with van der Waals surface area (Å²) in [5.74, 6) is -0.312. The van der Waals surface area contributed by atoms with Crippen LogP contribution >= 0.6 is 0 Å². The van der Waals surface area contributed by atoms with Gasteiger partial charge in [0.2, 0.25) is 11.8 Å². The van der Waals surface area contributed by atoms with Gasteiger partial charge in [-0.2, -0.15) is 5.26 Å². The summed E-state index contributed by atoms with van der Waals surface area (Å²) in [4.78, 5) is 24.7. The van der Waals surface area contributed by atoms with E-state index in [-0.39, 0.29) is 23.8 Å². The van der Waals surface area contributed by atoms with Crippen LogP contribution in [0.3, 0.4) is 0 Å². The van der Waals surface area contributed by atoms with Gasteiger partial charge in [-0.3, -0.25) is 14.5 Å². The van der Waals surface area contributed by atoms with Gasteiger partial charge in [-0.15, -0.1) is 0 Å². The van der Waals surface area contributed by atoms with Crippen molar-refractivity contribution < 1.29 is 9.59 Å². The van der Waals surface area contributed by atoms with E-state index >= 15 is 0 Å². The predicted molar refractivity (Wildman–Crippen MR) is 52.4 cm³/mol. The molecule has 1 saturated heterocycles. The van der Waals surface area contributed by atoms with Crippen LogP contribution in [0.4, 0.5) is 0 Å². The summed E-state index contributed by atoms with van der Waals surface area (Å²) in [6.45, 7) is 0. The number of piperidine rings is 1. The number of amides is 2. The fourth-order valence-corrected chi connectivity index (χ4v) is 2.54. The van der Waals surface area contributed by atoms with Crippen LogP contribution in [0, 0.1) is 17.2 Å². The topological polar surface area (TPSA) is 61.2 Å². The van der Waals surface area contributed by atoms with Gasteiger partial charge in [0.15, 0.2) is 0 Å². The maximum Gasteiger partial charge on any atom is 0.229 e. The molecule has 2 unspecified atom stereocenters. The molecular weight excluding hydrogens is 192 g/mol. The highest BCUT2D eigenvalue weighted by Gasteiger charge is 2.39. The van der Waals surface area contributed by atoms with Crippen LogP contribution in [-0.4, -0.2) is 22.8 Å². The number of hydrogen-bond donors (Lipinski definition) is 0. The van der Waals surface area contributed by atoms with Crippen molar-refractivity contribution >= 4 is 11.8 Å². The average molecular weight is 206 g/mol. The molecule has 2 aliphatic rings. The maximum absolute atomic E-state index is 11.6. The summed E-state index contributed by atoms with van der Waals surface area (Å²) < 4.78 is 0. The molecule has 2 fully saturated rings. The number of nitriles is 1. The molecule has 0 aromatic heterocycles. The van der Waals surface area contributed by atoms with Crippen LogP contribution in [0.5, 0.6) is 0 Å². The quantitative estimate of drug-likeness (QED) is 0.606. The largest absolute Gasteiger partial charge is 0.278 e. The first-order valence-corrected chi connectivity index (χ1v) is 5.48. The number of carbonyl (C=O) groups excluding carboxylic acids is 2. The van der Waals surface area contributed by atoms with Gasteiger partial charge in [-0.05, 0) is 25.7 Å². The minimum absolute atomic E-state index is 0.0848. The Hall–Kier alpha value is -1.37. The molecule has 0 N–H and O–H groups in total. The summed E-state index contributed by atoms with van der Waals surface area (Å²) in [6.07, 6.45) is 4.15. The van der Waals surface area contributed by atoms with E-state index in [0.717, 1.165) is 19.3 Å². The van der Waals surface area contributed by atoms with E-state index in [1.54, 1.807) is 0 Å². The van der Waals surface area contributed by atoms with Crippen molar-refractivity contribution in [2.75, 3.05) is 0 Å². The Morgan fingerprint density at radius 2 is 1.80 bits per heavy atom. The highest BCUT2D eigenvalue weighted by Crippen LogP contribution is 2.31. The molecule has 4 nitrogen and oxygen atoms in total. The first kappa shape index (κ1) is 10.2. The van der Waals surface area contributed by atoms with Crippen molar-refractivity contribution in [3.8, 4) is 6.07 Å². The van der Waals surface area contributed by atoms with E-state index in [1.165, 1.54) is 4.90 Å². The lowest BCUT2D eigenvalue weighted by Gasteiger charge is -2.31. The van der Waals surface area contributed by atoms with Crippen LogP contribution in [0.25, 0.3) is 0 Å². The summed E-state index contributed by atoms with van der Waals surface area (Å²) in [7, 11) is 0. The zero-order valence-corrected chi connectivity index (χ0v) is 8.61. The van der Waals surface area contributed by atoms with E-state index in [1.807, 2.05) is 0 Å². The Kier molecular flexibility index (Phi) is 2.72. The Bertz CT molecular complexity index is 316. The fourth-order valence-electron chi connectivity index (χ4n) is 2.54.